The number of aryl methyl sites for hydroxylation is 1. The van der Waals surface area contributed by atoms with Gasteiger partial charge in [-0.15, -0.1) is 0 Å². The Kier molecular flexibility index (Phi) is 5.35. The van der Waals surface area contributed by atoms with Crippen LogP contribution in [0.4, 0.5) is 5.69 Å². The van der Waals surface area contributed by atoms with Crippen LogP contribution in [0.15, 0.2) is 18.2 Å². The number of carbonyl (C=O) groups is 1. The van der Waals surface area contributed by atoms with Gasteiger partial charge < -0.3 is 9.80 Å². The summed E-state index contributed by atoms with van der Waals surface area (Å²) in [5.41, 5.74) is 2.94. The summed E-state index contributed by atoms with van der Waals surface area (Å²) in [6, 6.07) is 6.45. The van der Waals surface area contributed by atoms with Gasteiger partial charge in [-0.3, -0.25) is 4.79 Å². The average Bonchev–Trinajstić information content (AvgIpc) is 2.30. The van der Waals surface area contributed by atoms with E-state index in [0.29, 0.717) is 6.04 Å². The Morgan fingerprint density at radius 3 is 2.50 bits per heavy atom. The van der Waals surface area contributed by atoms with Crippen molar-refractivity contribution in [1.29, 1.82) is 0 Å². The zero-order chi connectivity index (χ0) is 13.7. The van der Waals surface area contributed by atoms with Gasteiger partial charge in [0.1, 0.15) is 0 Å². The maximum atomic E-state index is 11.2. The van der Waals surface area contributed by atoms with Crippen molar-refractivity contribution in [2.45, 2.75) is 26.8 Å². The third-order valence-electron chi connectivity index (χ3n) is 3.12. The van der Waals surface area contributed by atoms with E-state index in [1.807, 2.05) is 13.0 Å². The molecule has 0 saturated carbocycles. The first-order valence-corrected chi connectivity index (χ1v) is 6.46. The molecule has 18 heavy (non-hydrogen) atoms. The highest BCUT2D eigenvalue weighted by atomic mass is 16.1. The van der Waals surface area contributed by atoms with Gasteiger partial charge in [0.2, 0.25) is 0 Å². The molecule has 0 aliphatic heterocycles. The molecule has 0 N–H and O–H groups in total. The van der Waals surface area contributed by atoms with E-state index < -0.39 is 0 Å². The van der Waals surface area contributed by atoms with Gasteiger partial charge in [0.15, 0.2) is 6.29 Å². The number of hydrogen-bond donors (Lipinski definition) is 0. The van der Waals surface area contributed by atoms with Crippen LogP contribution in [0.25, 0.3) is 0 Å². The smallest absolute Gasteiger partial charge is 0.152 e. The maximum Gasteiger partial charge on any atom is 0.152 e. The zero-order valence-corrected chi connectivity index (χ0v) is 12.1. The molecule has 0 heterocycles. The van der Waals surface area contributed by atoms with E-state index in [0.717, 1.165) is 36.2 Å². The molecule has 0 bridgehead atoms. The van der Waals surface area contributed by atoms with Crippen molar-refractivity contribution in [2.24, 2.45) is 0 Å². The van der Waals surface area contributed by atoms with Crippen molar-refractivity contribution >= 4 is 12.0 Å². The van der Waals surface area contributed by atoms with E-state index in [9.17, 15) is 4.79 Å². The number of aldehydes is 1. The van der Waals surface area contributed by atoms with Crippen molar-refractivity contribution < 1.29 is 4.79 Å². The molecule has 0 saturated heterocycles. The maximum absolute atomic E-state index is 11.2. The van der Waals surface area contributed by atoms with Gasteiger partial charge in [-0.05, 0) is 47.0 Å². The topological polar surface area (TPSA) is 23.6 Å². The molecule has 0 fully saturated rings. The van der Waals surface area contributed by atoms with Gasteiger partial charge in [0.05, 0.1) is 0 Å². The summed E-state index contributed by atoms with van der Waals surface area (Å²) in [5.74, 6) is 0. The second-order valence-corrected chi connectivity index (χ2v) is 5.08. The summed E-state index contributed by atoms with van der Waals surface area (Å²) in [5, 5.41) is 0. The van der Waals surface area contributed by atoms with Crippen LogP contribution < -0.4 is 4.90 Å². The summed E-state index contributed by atoms with van der Waals surface area (Å²) in [4.78, 5) is 15.7. The van der Waals surface area contributed by atoms with Crippen molar-refractivity contribution in [2.75, 3.05) is 32.1 Å². The van der Waals surface area contributed by atoms with Crippen LogP contribution in [0.5, 0.6) is 0 Å². The lowest BCUT2D eigenvalue weighted by Gasteiger charge is -2.33. The van der Waals surface area contributed by atoms with Crippen LogP contribution in [-0.2, 0) is 0 Å². The van der Waals surface area contributed by atoms with Crippen molar-refractivity contribution in [3.8, 4) is 0 Å². The quantitative estimate of drug-likeness (QED) is 0.723. The van der Waals surface area contributed by atoms with E-state index >= 15 is 0 Å². The Balaban J connectivity index is 3.04. The molecule has 3 heteroatoms. The minimum Gasteiger partial charge on any atom is -0.367 e. The Bertz CT molecular complexity index is 401. The van der Waals surface area contributed by atoms with Crippen LogP contribution in [0.2, 0.25) is 0 Å². The molecule has 1 aromatic rings. The highest BCUT2D eigenvalue weighted by Crippen LogP contribution is 2.22. The number of rotatable bonds is 6. The molecule has 0 aliphatic carbocycles. The molecule has 1 aromatic carbocycles. The summed E-state index contributed by atoms with van der Waals surface area (Å²) < 4.78 is 0. The third kappa shape index (κ3) is 3.57. The van der Waals surface area contributed by atoms with Gasteiger partial charge in [0, 0.05) is 30.4 Å². The summed E-state index contributed by atoms with van der Waals surface area (Å²) in [6.45, 7) is 8.20. The van der Waals surface area contributed by atoms with Crippen molar-refractivity contribution in [3.05, 3.63) is 29.3 Å². The van der Waals surface area contributed by atoms with Crippen LogP contribution in [-0.4, -0.2) is 44.4 Å². The number of anilines is 1. The Morgan fingerprint density at radius 2 is 2.00 bits per heavy atom. The lowest BCUT2D eigenvalue weighted by molar-refractivity contribution is 0.112. The fourth-order valence-corrected chi connectivity index (χ4v) is 2.38. The van der Waals surface area contributed by atoms with E-state index in [4.69, 9.17) is 0 Å². The number of benzene rings is 1. The van der Waals surface area contributed by atoms with Gasteiger partial charge in [-0.1, -0.05) is 11.6 Å². The summed E-state index contributed by atoms with van der Waals surface area (Å²) >= 11 is 0. The molecular formula is C15H24N2O. The van der Waals surface area contributed by atoms with Crippen molar-refractivity contribution in [3.63, 3.8) is 0 Å². The Hall–Kier alpha value is -1.35. The molecular weight excluding hydrogens is 224 g/mol. The molecule has 100 valence electrons. The molecule has 3 nitrogen and oxygen atoms in total. The molecule has 1 atom stereocenters. The monoisotopic (exact) mass is 248 g/mol. The standard InChI is InChI=1S/C15H24N2O/c1-6-17(13(3)10-16(4)5)15-8-7-12(2)9-14(15)11-18/h7-9,11,13H,6,10H2,1-5H3. The van der Waals surface area contributed by atoms with Gasteiger partial charge >= 0.3 is 0 Å². The second-order valence-electron chi connectivity index (χ2n) is 5.08. The van der Waals surface area contributed by atoms with Crippen LogP contribution in [0.3, 0.4) is 0 Å². The zero-order valence-electron chi connectivity index (χ0n) is 12.1. The fraction of sp³-hybridized carbons (Fsp3) is 0.533. The first kappa shape index (κ1) is 14.7. The van der Waals surface area contributed by atoms with Crippen LogP contribution in [0, 0.1) is 6.92 Å². The molecule has 0 spiro atoms. The molecule has 0 radical (unpaired) electrons. The molecule has 0 aliphatic rings. The minimum atomic E-state index is 0.381. The predicted molar refractivity (Wildman–Crippen MR) is 77.6 cm³/mol. The number of carbonyl (C=O) groups excluding carboxylic acids is 1. The first-order valence-electron chi connectivity index (χ1n) is 6.46. The van der Waals surface area contributed by atoms with E-state index in [1.165, 1.54) is 0 Å². The summed E-state index contributed by atoms with van der Waals surface area (Å²) in [7, 11) is 4.14. The van der Waals surface area contributed by atoms with Gasteiger partial charge in [0.25, 0.3) is 0 Å². The van der Waals surface area contributed by atoms with Gasteiger partial charge in [-0.2, -0.15) is 0 Å². The van der Waals surface area contributed by atoms with E-state index in [-0.39, 0.29) is 0 Å². The SMILES string of the molecule is CCN(c1ccc(C)cc1C=O)C(C)CN(C)C. The Labute approximate surface area is 110 Å². The number of hydrogen-bond acceptors (Lipinski definition) is 3. The molecule has 1 rings (SSSR count). The summed E-state index contributed by atoms with van der Waals surface area (Å²) in [6.07, 6.45) is 0.952. The fourth-order valence-electron chi connectivity index (χ4n) is 2.38. The second kappa shape index (κ2) is 6.55. The average molecular weight is 248 g/mol. The first-order chi connectivity index (χ1) is 8.49. The van der Waals surface area contributed by atoms with Gasteiger partial charge in [-0.25, -0.2) is 0 Å². The van der Waals surface area contributed by atoms with Crippen LogP contribution in [0.1, 0.15) is 29.8 Å². The lowest BCUT2D eigenvalue weighted by atomic mass is 10.1. The highest BCUT2D eigenvalue weighted by Gasteiger charge is 2.16. The third-order valence-corrected chi connectivity index (χ3v) is 3.12. The largest absolute Gasteiger partial charge is 0.367 e. The normalized spacial score (nSPS) is 12.6. The molecule has 0 amide bonds. The lowest BCUT2D eigenvalue weighted by Crippen LogP contribution is -2.40. The number of likely N-dealkylation sites (N-methyl/N-ethyl adjacent to an activating group) is 2. The number of nitrogens with zero attached hydrogens (tertiary/aromatic N) is 2. The predicted octanol–water partition coefficient (Wildman–Crippen LogP) is 2.58. The van der Waals surface area contributed by atoms with E-state index in [2.05, 4.69) is 49.9 Å². The van der Waals surface area contributed by atoms with Crippen molar-refractivity contribution in [1.82, 2.24) is 4.90 Å². The molecule has 1 unspecified atom stereocenters. The van der Waals surface area contributed by atoms with E-state index in [1.54, 1.807) is 0 Å². The molecule has 0 aromatic heterocycles. The minimum absolute atomic E-state index is 0.381. The Morgan fingerprint density at radius 1 is 1.33 bits per heavy atom. The highest BCUT2D eigenvalue weighted by molar-refractivity contribution is 5.85. The van der Waals surface area contributed by atoms with Crippen LogP contribution >= 0.6 is 0 Å².